The normalized spacial score (nSPS) is 27.9. The van der Waals surface area contributed by atoms with Crippen LogP contribution in [0.1, 0.15) is 32.6 Å². The smallest absolute Gasteiger partial charge is 0.394 e. The number of carbonyl (C=O) groups excluding carboxylic acids is 1. The molecule has 0 aromatic carbocycles. The minimum absolute atomic E-state index is 0.108. The number of rotatable bonds is 3. The molecule has 1 saturated carbocycles. The summed E-state index contributed by atoms with van der Waals surface area (Å²) in [7, 11) is 0. The van der Waals surface area contributed by atoms with E-state index in [2.05, 4.69) is 5.32 Å². The predicted octanol–water partition coefficient (Wildman–Crippen LogP) is 2.47. The second kappa shape index (κ2) is 6.34. The first-order valence-corrected chi connectivity index (χ1v) is 7.55. The summed E-state index contributed by atoms with van der Waals surface area (Å²) >= 11 is 0. The Kier molecular flexibility index (Phi) is 4.87. The minimum atomic E-state index is -4.62. The van der Waals surface area contributed by atoms with Gasteiger partial charge in [0.25, 0.3) is 0 Å². The standard InChI is InChI=1S/C14H21F3N2O3/c1-8(9-4-2-3-5-9)18-13(22)19-6-10(12(20)21)11(7-19)14(15,16)17/h8-11H,2-7H2,1H3,(H,18,22)(H,20,21)/t8?,10-,11-/m1/s1. The quantitative estimate of drug-likeness (QED) is 0.838. The maximum atomic E-state index is 12.9. The van der Waals surface area contributed by atoms with E-state index in [0.717, 1.165) is 30.6 Å². The summed E-state index contributed by atoms with van der Waals surface area (Å²) in [5, 5.41) is 11.7. The second-order valence-electron chi connectivity index (χ2n) is 6.28. The number of urea groups is 1. The highest BCUT2D eigenvalue weighted by Gasteiger charge is 2.53. The lowest BCUT2D eigenvalue weighted by atomic mass is 9.96. The number of hydrogen-bond donors (Lipinski definition) is 2. The number of hydrogen-bond acceptors (Lipinski definition) is 2. The fourth-order valence-electron chi connectivity index (χ4n) is 3.41. The summed E-state index contributed by atoms with van der Waals surface area (Å²) in [5.74, 6) is -4.76. The molecule has 2 rings (SSSR count). The molecule has 5 nitrogen and oxygen atoms in total. The molecular weight excluding hydrogens is 301 g/mol. The van der Waals surface area contributed by atoms with Gasteiger partial charge < -0.3 is 15.3 Å². The highest BCUT2D eigenvalue weighted by Crippen LogP contribution is 2.37. The third kappa shape index (κ3) is 3.64. The van der Waals surface area contributed by atoms with Crippen LogP contribution < -0.4 is 5.32 Å². The van der Waals surface area contributed by atoms with Crippen LogP contribution in [0.15, 0.2) is 0 Å². The van der Waals surface area contributed by atoms with E-state index in [1.165, 1.54) is 0 Å². The van der Waals surface area contributed by atoms with Crippen LogP contribution in [0.2, 0.25) is 0 Å². The van der Waals surface area contributed by atoms with Crippen molar-refractivity contribution < 1.29 is 27.9 Å². The maximum absolute atomic E-state index is 12.9. The highest BCUT2D eigenvalue weighted by atomic mass is 19.4. The molecule has 2 aliphatic rings. The van der Waals surface area contributed by atoms with Gasteiger partial charge in [-0.1, -0.05) is 12.8 Å². The van der Waals surface area contributed by atoms with E-state index in [9.17, 15) is 22.8 Å². The molecule has 1 aliphatic carbocycles. The lowest BCUT2D eigenvalue weighted by Gasteiger charge is -2.24. The molecule has 0 aromatic heterocycles. The molecule has 1 aliphatic heterocycles. The average Bonchev–Trinajstić information content (AvgIpc) is 3.07. The monoisotopic (exact) mass is 322 g/mol. The van der Waals surface area contributed by atoms with Crippen molar-refractivity contribution in [2.45, 2.75) is 44.8 Å². The molecule has 0 radical (unpaired) electrons. The first-order valence-electron chi connectivity index (χ1n) is 7.55. The van der Waals surface area contributed by atoms with Gasteiger partial charge >= 0.3 is 18.2 Å². The Hall–Kier alpha value is -1.47. The van der Waals surface area contributed by atoms with Crippen molar-refractivity contribution in [2.75, 3.05) is 13.1 Å². The zero-order valence-electron chi connectivity index (χ0n) is 12.4. The Morgan fingerprint density at radius 3 is 2.27 bits per heavy atom. The first-order chi connectivity index (χ1) is 10.2. The van der Waals surface area contributed by atoms with Gasteiger partial charge in [0, 0.05) is 19.1 Å². The lowest BCUT2D eigenvalue weighted by molar-refractivity contribution is -0.187. The van der Waals surface area contributed by atoms with Gasteiger partial charge in [-0.25, -0.2) is 4.79 Å². The van der Waals surface area contributed by atoms with E-state index >= 15 is 0 Å². The van der Waals surface area contributed by atoms with Crippen LogP contribution in [0.4, 0.5) is 18.0 Å². The molecular formula is C14H21F3N2O3. The molecule has 0 aromatic rings. The van der Waals surface area contributed by atoms with E-state index in [1.807, 2.05) is 6.92 Å². The van der Waals surface area contributed by atoms with Crippen LogP contribution in [0.5, 0.6) is 0 Å². The van der Waals surface area contributed by atoms with Crippen LogP contribution in [-0.4, -0.2) is 47.3 Å². The number of aliphatic carboxylic acids is 1. The van der Waals surface area contributed by atoms with E-state index in [-0.39, 0.29) is 6.04 Å². The van der Waals surface area contributed by atoms with Crippen LogP contribution in [0.25, 0.3) is 0 Å². The Labute approximate surface area is 126 Å². The Balaban J connectivity index is 1.97. The number of nitrogens with zero attached hydrogens (tertiary/aromatic N) is 1. The largest absolute Gasteiger partial charge is 0.481 e. The SMILES string of the molecule is CC(NC(=O)N1C[C@@H](C(F)(F)F)[C@H](C(=O)O)C1)C1CCCC1. The number of halogens is 3. The Morgan fingerprint density at radius 2 is 1.82 bits per heavy atom. The van der Waals surface area contributed by atoms with Gasteiger partial charge in [-0.2, -0.15) is 13.2 Å². The van der Waals surface area contributed by atoms with Gasteiger partial charge in [0.15, 0.2) is 0 Å². The number of nitrogens with one attached hydrogen (secondary N) is 1. The fraction of sp³-hybridized carbons (Fsp3) is 0.857. The van der Waals surface area contributed by atoms with E-state index in [0.29, 0.717) is 5.92 Å². The topological polar surface area (TPSA) is 69.6 Å². The number of carboxylic acid groups (broad SMARTS) is 1. The molecule has 126 valence electrons. The van der Waals surface area contributed by atoms with Crippen molar-refractivity contribution >= 4 is 12.0 Å². The van der Waals surface area contributed by atoms with Gasteiger partial charge in [0.1, 0.15) is 0 Å². The molecule has 1 saturated heterocycles. The second-order valence-corrected chi connectivity index (χ2v) is 6.28. The van der Waals surface area contributed by atoms with Crippen LogP contribution >= 0.6 is 0 Å². The van der Waals surface area contributed by atoms with Crippen molar-refractivity contribution in [3.8, 4) is 0 Å². The number of alkyl halides is 3. The summed E-state index contributed by atoms with van der Waals surface area (Å²) in [6.45, 7) is 0.853. The summed E-state index contributed by atoms with van der Waals surface area (Å²) in [6.07, 6.45) is -0.401. The third-order valence-corrected chi connectivity index (χ3v) is 4.80. The van der Waals surface area contributed by atoms with Crippen molar-refractivity contribution in [3.63, 3.8) is 0 Å². The zero-order chi connectivity index (χ0) is 16.5. The Bertz CT molecular complexity index is 436. The molecule has 2 N–H and O–H groups in total. The van der Waals surface area contributed by atoms with Crippen molar-refractivity contribution in [3.05, 3.63) is 0 Å². The molecule has 1 heterocycles. The molecule has 2 amide bonds. The lowest BCUT2D eigenvalue weighted by Crippen LogP contribution is -2.45. The molecule has 0 bridgehead atoms. The van der Waals surface area contributed by atoms with Crippen LogP contribution in [0.3, 0.4) is 0 Å². The summed E-state index contributed by atoms with van der Waals surface area (Å²) < 4.78 is 38.7. The molecule has 3 atom stereocenters. The highest BCUT2D eigenvalue weighted by molar-refractivity contribution is 5.78. The summed E-state index contributed by atoms with van der Waals surface area (Å²) in [6, 6.07) is -0.708. The van der Waals surface area contributed by atoms with Gasteiger partial charge in [-0.15, -0.1) is 0 Å². The minimum Gasteiger partial charge on any atom is -0.481 e. The number of amides is 2. The fourth-order valence-corrected chi connectivity index (χ4v) is 3.41. The van der Waals surface area contributed by atoms with E-state index in [1.54, 1.807) is 0 Å². The van der Waals surface area contributed by atoms with Crippen LogP contribution in [-0.2, 0) is 4.79 Å². The van der Waals surface area contributed by atoms with Crippen LogP contribution in [0, 0.1) is 17.8 Å². The molecule has 22 heavy (non-hydrogen) atoms. The first kappa shape index (κ1) is 16.9. The number of carboxylic acids is 1. The summed E-state index contributed by atoms with van der Waals surface area (Å²) in [5.41, 5.74) is 0. The van der Waals surface area contributed by atoms with Crippen molar-refractivity contribution in [1.82, 2.24) is 10.2 Å². The third-order valence-electron chi connectivity index (χ3n) is 4.80. The van der Waals surface area contributed by atoms with Gasteiger partial charge in [0.05, 0.1) is 11.8 Å². The van der Waals surface area contributed by atoms with Gasteiger partial charge in [-0.3, -0.25) is 4.79 Å². The molecule has 0 spiro atoms. The van der Waals surface area contributed by atoms with Crippen molar-refractivity contribution in [2.24, 2.45) is 17.8 Å². The summed E-state index contributed by atoms with van der Waals surface area (Å²) in [4.78, 5) is 24.1. The number of carbonyl (C=O) groups is 2. The van der Waals surface area contributed by atoms with E-state index in [4.69, 9.17) is 5.11 Å². The molecule has 1 unspecified atom stereocenters. The predicted molar refractivity (Wildman–Crippen MR) is 72.2 cm³/mol. The average molecular weight is 322 g/mol. The zero-order valence-corrected chi connectivity index (χ0v) is 12.4. The molecule has 8 heteroatoms. The van der Waals surface area contributed by atoms with E-state index < -0.39 is 43.1 Å². The van der Waals surface area contributed by atoms with Crippen molar-refractivity contribution in [1.29, 1.82) is 0 Å². The maximum Gasteiger partial charge on any atom is 0.394 e. The van der Waals surface area contributed by atoms with Gasteiger partial charge in [0.2, 0.25) is 0 Å². The number of likely N-dealkylation sites (tertiary alicyclic amines) is 1. The molecule has 2 fully saturated rings. The Morgan fingerprint density at radius 1 is 1.23 bits per heavy atom. The van der Waals surface area contributed by atoms with Gasteiger partial charge in [-0.05, 0) is 25.7 Å².